The number of carboxylic acid groups (broad SMARTS) is 1. The molecular weight excluding hydrogens is 320 g/mol. The molecule has 5 nitrogen and oxygen atoms in total. The monoisotopic (exact) mass is 335 g/mol. The van der Waals surface area contributed by atoms with Crippen LogP contribution in [0.1, 0.15) is 18.0 Å². The average molecular weight is 335 g/mol. The van der Waals surface area contributed by atoms with Crippen molar-refractivity contribution in [2.75, 3.05) is 6.61 Å². The quantitative estimate of drug-likeness (QED) is 0.885. The zero-order valence-electron chi connectivity index (χ0n) is 12.5. The van der Waals surface area contributed by atoms with Crippen molar-refractivity contribution in [2.45, 2.75) is 19.1 Å². The molecule has 0 saturated carbocycles. The summed E-state index contributed by atoms with van der Waals surface area (Å²) >= 11 is 0. The SMILES string of the molecule is O=C(O)NC1CCOc2cc(-c3ccc(OC(F)F)cc3)ccc21. The number of benzene rings is 2. The third kappa shape index (κ3) is 3.56. The summed E-state index contributed by atoms with van der Waals surface area (Å²) in [7, 11) is 0. The maximum absolute atomic E-state index is 12.2. The second kappa shape index (κ2) is 6.74. The van der Waals surface area contributed by atoms with E-state index in [-0.39, 0.29) is 11.8 Å². The van der Waals surface area contributed by atoms with Crippen LogP contribution in [-0.4, -0.2) is 24.4 Å². The largest absolute Gasteiger partial charge is 0.493 e. The van der Waals surface area contributed by atoms with E-state index < -0.39 is 12.7 Å². The molecule has 0 spiro atoms. The zero-order chi connectivity index (χ0) is 17.1. The highest BCUT2D eigenvalue weighted by atomic mass is 19.3. The fourth-order valence-corrected chi connectivity index (χ4v) is 2.70. The minimum Gasteiger partial charge on any atom is -0.493 e. The molecule has 1 aliphatic heterocycles. The Labute approximate surface area is 136 Å². The minimum absolute atomic E-state index is 0.0914. The number of rotatable bonds is 4. The van der Waals surface area contributed by atoms with Crippen molar-refractivity contribution in [1.29, 1.82) is 0 Å². The van der Waals surface area contributed by atoms with E-state index in [0.717, 1.165) is 16.7 Å². The third-order valence-corrected chi connectivity index (χ3v) is 3.76. The first-order chi connectivity index (χ1) is 11.5. The average Bonchev–Trinajstić information content (AvgIpc) is 2.54. The van der Waals surface area contributed by atoms with E-state index in [1.807, 2.05) is 18.2 Å². The standard InChI is InChI=1S/C17H15F2NO4/c18-16(19)24-12-4-1-10(2-5-12)11-3-6-13-14(20-17(21)22)7-8-23-15(13)9-11/h1-6,9,14,16,20H,7-8H2,(H,21,22). The molecular formula is C17H15F2NO4. The molecule has 0 aliphatic carbocycles. The Balaban J connectivity index is 1.84. The molecule has 1 amide bonds. The lowest BCUT2D eigenvalue weighted by Gasteiger charge is -2.26. The number of amides is 1. The maximum Gasteiger partial charge on any atom is 0.405 e. The van der Waals surface area contributed by atoms with Crippen molar-refractivity contribution in [3.8, 4) is 22.6 Å². The summed E-state index contributed by atoms with van der Waals surface area (Å²) in [4.78, 5) is 10.9. The first kappa shape index (κ1) is 16.0. The highest BCUT2D eigenvalue weighted by molar-refractivity contribution is 5.69. The predicted molar refractivity (Wildman–Crippen MR) is 82.5 cm³/mol. The van der Waals surface area contributed by atoms with Gasteiger partial charge in [0.15, 0.2) is 0 Å². The van der Waals surface area contributed by atoms with Crippen molar-refractivity contribution < 1.29 is 28.2 Å². The second-order valence-electron chi connectivity index (χ2n) is 5.29. The van der Waals surface area contributed by atoms with Crippen LogP contribution >= 0.6 is 0 Å². The normalized spacial score (nSPS) is 16.2. The van der Waals surface area contributed by atoms with E-state index in [4.69, 9.17) is 9.84 Å². The summed E-state index contributed by atoms with van der Waals surface area (Å²) in [6, 6.07) is 11.5. The van der Waals surface area contributed by atoms with Gasteiger partial charge in [-0.3, -0.25) is 0 Å². The smallest absolute Gasteiger partial charge is 0.405 e. The molecule has 0 saturated heterocycles. The topological polar surface area (TPSA) is 67.8 Å². The highest BCUT2D eigenvalue weighted by Gasteiger charge is 2.23. The number of ether oxygens (including phenoxy) is 2. The van der Waals surface area contributed by atoms with Gasteiger partial charge >= 0.3 is 12.7 Å². The Morgan fingerprint density at radius 3 is 2.58 bits per heavy atom. The number of nitrogens with one attached hydrogen (secondary N) is 1. The predicted octanol–water partition coefficient (Wildman–Crippen LogP) is 4.05. The summed E-state index contributed by atoms with van der Waals surface area (Å²) in [6.07, 6.45) is -0.510. The van der Waals surface area contributed by atoms with Gasteiger partial charge in [0.05, 0.1) is 12.6 Å². The van der Waals surface area contributed by atoms with Crippen molar-refractivity contribution in [3.63, 3.8) is 0 Å². The highest BCUT2D eigenvalue weighted by Crippen LogP contribution is 2.35. The van der Waals surface area contributed by atoms with Crippen molar-refractivity contribution in [2.24, 2.45) is 0 Å². The molecule has 1 unspecified atom stereocenters. The molecule has 0 fully saturated rings. The van der Waals surface area contributed by atoms with Crippen LogP contribution in [-0.2, 0) is 0 Å². The number of halogens is 2. The number of carbonyl (C=O) groups is 1. The molecule has 126 valence electrons. The van der Waals surface area contributed by atoms with Crippen LogP contribution in [0.25, 0.3) is 11.1 Å². The lowest BCUT2D eigenvalue weighted by atomic mass is 9.96. The maximum atomic E-state index is 12.2. The van der Waals surface area contributed by atoms with E-state index in [0.29, 0.717) is 18.8 Å². The van der Waals surface area contributed by atoms with Crippen LogP contribution in [0.5, 0.6) is 11.5 Å². The molecule has 3 rings (SSSR count). The third-order valence-electron chi connectivity index (χ3n) is 3.76. The molecule has 2 N–H and O–H groups in total. The fourth-order valence-electron chi connectivity index (χ4n) is 2.70. The van der Waals surface area contributed by atoms with Gasteiger partial charge in [0.25, 0.3) is 0 Å². The van der Waals surface area contributed by atoms with E-state index in [9.17, 15) is 13.6 Å². The number of alkyl halides is 2. The van der Waals surface area contributed by atoms with Gasteiger partial charge in [-0.05, 0) is 29.3 Å². The molecule has 1 atom stereocenters. The van der Waals surface area contributed by atoms with Crippen molar-refractivity contribution in [1.82, 2.24) is 5.32 Å². The van der Waals surface area contributed by atoms with E-state index in [1.165, 1.54) is 12.1 Å². The molecule has 7 heteroatoms. The second-order valence-corrected chi connectivity index (χ2v) is 5.29. The van der Waals surface area contributed by atoms with Gasteiger partial charge in [-0.1, -0.05) is 24.3 Å². The first-order valence-corrected chi connectivity index (χ1v) is 7.34. The first-order valence-electron chi connectivity index (χ1n) is 7.34. The number of hydrogen-bond donors (Lipinski definition) is 2. The Kier molecular flexibility index (Phi) is 4.50. The molecule has 0 radical (unpaired) electrons. The van der Waals surface area contributed by atoms with E-state index in [2.05, 4.69) is 10.1 Å². The Hall–Kier alpha value is -2.83. The van der Waals surface area contributed by atoms with Crippen LogP contribution in [0.15, 0.2) is 42.5 Å². The van der Waals surface area contributed by atoms with Gasteiger partial charge < -0.3 is 19.9 Å². The van der Waals surface area contributed by atoms with Gasteiger partial charge in [-0.2, -0.15) is 8.78 Å². The van der Waals surface area contributed by atoms with Gasteiger partial charge in [0.1, 0.15) is 11.5 Å². The van der Waals surface area contributed by atoms with Crippen molar-refractivity contribution >= 4 is 6.09 Å². The van der Waals surface area contributed by atoms with E-state index >= 15 is 0 Å². The molecule has 0 aromatic heterocycles. The fraction of sp³-hybridized carbons (Fsp3) is 0.235. The molecule has 1 heterocycles. The Bertz CT molecular complexity index is 734. The van der Waals surface area contributed by atoms with Crippen LogP contribution in [0, 0.1) is 0 Å². The van der Waals surface area contributed by atoms with Crippen LogP contribution < -0.4 is 14.8 Å². The Morgan fingerprint density at radius 2 is 1.92 bits per heavy atom. The molecule has 0 bridgehead atoms. The minimum atomic E-state index is -2.85. The summed E-state index contributed by atoms with van der Waals surface area (Å²) in [5, 5.41) is 11.4. The van der Waals surface area contributed by atoms with Gasteiger partial charge in [-0.15, -0.1) is 0 Å². The number of hydrogen-bond acceptors (Lipinski definition) is 3. The molecule has 2 aromatic rings. The van der Waals surface area contributed by atoms with Crippen LogP contribution in [0.3, 0.4) is 0 Å². The van der Waals surface area contributed by atoms with Crippen molar-refractivity contribution in [3.05, 3.63) is 48.0 Å². The summed E-state index contributed by atoms with van der Waals surface area (Å²) in [5.41, 5.74) is 2.44. The molecule has 1 aliphatic rings. The summed E-state index contributed by atoms with van der Waals surface area (Å²) in [5.74, 6) is 0.707. The Morgan fingerprint density at radius 1 is 1.21 bits per heavy atom. The molecule has 2 aromatic carbocycles. The summed E-state index contributed by atoms with van der Waals surface area (Å²) < 4.78 is 34.3. The summed E-state index contributed by atoms with van der Waals surface area (Å²) in [6.45, 7) is -2.44. The van der Waals surface area contributed by atoms with Crippen LogP contribution in [0.4, 0.5) is 13.6 Å². The zero-order valence-corrected chi connectivity index (χ0v) is 12.5. The number of fused-ring (bicyclic) bond motifs is 1. The van der Waals surface area contributed by atoms with Gasteiger partial charge in [0, 0.05) is 12.0 Å². The van der Waals surface area contributed by atoms with Crippen LogP contribution in [0.2, 0.25) is 0 Å². The van der Waals surface area contributed by atoms with Gasteiger partial charge in [-0.25, -0.2) is 4.79 Å². The molecule has 24 heavy (non-hydrogen) atoms. The lowest BCUT2D eigenvalue weighted by Crippen LogP contribution is -2.30. The lowest BCUT2D eigenvalue weighted by molar-refractivity contribution is -0.0498. The van der Waals surface area contributed by atoms with E-state index in [1.54, 1.807) is 12.1 Å². The van der Waals surface area contributed by atoms with Gasteiger partial charge in [0.2, 0.25) is 0 Å².